The van der Waals surface area contributed by atoms with Crippen molar-refractivity contribution in [3.8, 4) is 0 Å². The van der Waals surface area contributed by atoms with Crippen LogP contribution in [0, 0.1) is 5.92 Å². The minimum absolute atomic E-state index is 0.135. The number of ether oxygens (including phenoxy) is 1. The molecule has 0 bridgehead atoms. The first kappa shape index (κ1) is 24.1. The van der Waals surface area contributed by atoms with Crippen LogP contribution < -0.4 is 5.32 Å². The molecular weight excluding hydrogens is 450 g/mol. The zero-order valence-electron chi connectivity index (χ0n) is 20.1. The molecule has 7 heteroatoms. The van der Waals surface area contributed by atoms with Crippen molar-refractivity contribution in [2.45, 2.75) is 88.7 Å². The topological polar surface area (TPSA) is 67.6 Å². The molecule has 2 saturated heterocycles. The van der Waals surface area contributed by atoms with Crippen LogP contribution in [-0.2, 0) is 9.53 Å². The fourth-order valence-corrected chi connectivity index (χ4v) is 6.24. The number of carbonyl (C=O) groups excluding carboxylic acids is 1. The van der Waals surface area contributed by atoms with Crippen LogP contribution in [0.15, 0.2) is 22.7 Å². The molecule has 1 saturated carbocycles. The molecule has 0 radical (unpaired) electrons. The number of hydrogen-bond acceptors (Lipinski definition) is 5. The maximum Gasteiger partial charge on any atom is 0.222 e. The Balaban J connectivity index is 0.992. The summed E-state index contributed by atoms with van der Waals surface area (Å²) in [5.41, 5.74) is 1.89. The van der Waals surface area contributed by atoms with Gasteiger partial charge in [-0.15, -0.1) is 0 Å². The van der Waals surface area contributed by atoms with Crippen molar-refractivity contribution >= 4 is 28.5 Å². The number of rotatable bonds is 7. The first-order valence-corrected chi connectivity index (χ1v) is 13.7. The molecular formula is C27H38ClN3O3. The first-order chi connectivity index (χ1) is 16.6. The van der Waals surface area contributed by atoms with Crippen LogP contribution in [0.25, 0.3) is 11.0 Å². The Bertz CT molecular complexity index is 942. The summed E-state index contributed by atoms with van der Waals surface area (Å²) in [4.78, 5) is 15.0. The number of amides is 1. The third-order valence-electron chi connectivity index (χ3n) is 8.19. The summed E-state index contributed by atoms with van der Waals surface area (Å²) in [7, 11) is 0. The summed E-state index contributed by atoms with van der Waals surface area (Å²) in [6, 6.07) is 6.17. The fourth-order valence-electron chi connectivity index (χ4n) is 6.08. The highest BCUT2D eigenvalue weighted by Crippen LogP contribution is 2.34. The van der Waals surface area contributed by atoms with Crippen molar-refractivity contribution in [1.29, 1.82) is 0 Å². The van der Waals surface area contributed by atoms with E-state index in [1.807, 2.05) is 18.2 Å². The number of nitrogens with zero attached hydrogens (tertiary/aromatic N) is 2. The number of aromatic nitrogens is 1. The van der Waals surface area contributed by atoms with Gasteiger partial charge in [-0.1, -0.05) is 16.8 Å². The van der Waals surface area contributed by atoms with E-state index in [4.69, 9.17) is 20.9 Å². The van der Waals surface area contributed by atoms with Crippen LogP contribution in [0.4, 0.5) is 0 Å². The second-order valence-corrected chi connectivity index (χ2v) is 11.0. The number of benzene rings is 1. The molecule has 1 unspecified atom stereocenters. The van der Waals surface area contributed by atoms with Crippen LogP contribution in [0.1, 0.15) is 82.2 Å². The molecule has 3 aliphatic rings. The minimum Gasteiger partial charge on any atom is -0.378 e. The lowest BCUT2D eigenvalue weighted by Crippen LogP contribution is -2.40. The molecule has 0 spiro atoms. The molecule has 1 amide bonds. The Morgan fingerprint density at radius 3 is 2.68 bits per heavy atom. The highest BCUT2D eigenvalue weighted by Gasteiger charge is 2.27. The number of fused-ring (bicyclic) bond motifs is 1. The summed E-state index contributed by atoms with van der Waals surface area (Å²) in [6.07, 6.45) is 12.3. The molecule has 2 aliphatic heterocycles. The lowest BCUT2D eigenvalue weighted by molar-refractivity contribution is -0.125. The van der Waals surface area contributed by atoms with Crippen LogP contribution >= 0.6 is 11.6 Å². The quantitative estimate of drug-likeness (QED) is 0.543. The van der Waals surface area contributed by atoms with Gasteiger partial charge in [0.2, 0.25) is 5.91 Å². The average Bonchev–Trinajstić information content (AvgIpc) is 3.27. The van der Waals surface area contributed by atoms with E-state index in [1.54, 1.807) is 0 Å². The Morgan fingerprint density at radius 1 is 1.09 bits per heavy atom. The van der Waals surface area contributed by atoms with Crippen molar-refractivity contribution in [2.24, 2.45) is 5.92 Å². The molecule has 5 rings (SSSR count). The standard InChI is InChI=1S/C27H38ClN3O3/c28-21-6-9-24-25(17-21)34-30-27(24)20-11-14-31(15-12-20)13-10-19-4-7-22(8-5-19)29-26(32)18-23-3-1-2-16-33-23/h6,9,17,19-20,22-23H,1-5,7-8,10-16,18H2,(H,29,32). The molecule has 1 aliphatic carbocycles. The van der Waals surface area contributed by atoms with E-state index in [1.165, 1.54) is 32.2 Å². The van der Waals surface area contributed by atoms with E-state index in [2.05, 4.69) is 15.4 Å². The molecule has 1 aromatic carbocycles. The first-order valence-electron chi connectivity index (χ1n) is 13.3. The number of carbonyl (C=O) groups is 1. The van der Waals surface area contributed by atoms with Gasteiger partial charge < -0.3 is 19.5 Å². The summed E-state index contributed by atoms with van der Waals surface area (Å²) in [5.74, 6) is 1.44. The van der Waals surface area contributed by atoms with Crippen molar-refractivity contribution in [2.75, 3.05) is 26.2 Å². The molecule has 3 heterocycles. The lowest BCUT2D eigenvalue weighted by atomic mass is 9.83. The Labute approximate surface area is 207 Å². The van der Waals surface area contributed by atoms with E-state index >= 15 is 0 Å². The van der Waals surface area contributed by atoms with Crippen molar-refractivity contribution in [3.63, 3.8) is 0 Å². The van der Waals surface area contributed by atoms with E-state index in [-0.39, 0.29) is 12.0 Å². The van der Waals surface area contributed by atoms with Gasteiger partial charge in [0, 0.05) is 35.0 Å². The van der Waals surface area contributed by atoms with Gasteiger partial charge in [0.05, 0.1) is 18.2 Å². The summed E-state index contributed by atoms with van der Waals surface area (Å²) >= 11 is 6.08. The van der Waals surface area contributed by atoms with Crippen LogP contribution in [0.5, 0.6) is 0 Å². The zero-order valence-corrected chi connectivity index (χ0v) is 20.9. The third kappa shape index (κ3) is 6.13. The minimum atomic E-state index is 0.135. The zero-order chi connectivity index (χ0) is 23.3. The molecule has 1 atom stereocenters. The maximum absolute atomic E-state index is 12.4. The monoisotopic (exact) mass is 487 g/mol. The number of piperidine rings is 1. The van der Waals surface area contributed by atoms with Gasteiger partial charge in [0.25, 0.3) is 0 Å². The summed E-state index contributed by atoms with van der Waals surface area (Å²) in [5, 5.41) is 9.45. The number of nitrogens with one attached hydrogen (secondary N) is 1. The van der Waals surface area contributed by atoms with Gasteiger partial charge in [0.1, 0.15) is 0 Å². The average molecular weight is 488 g/mol. The number of likely N-dealkylation sites (tertiary alicyclic amines) is 1. The lowest BCUT2D eigenvalue weighted by Gasteiger charge is -2.34. The predicted molar refractivity (Wildman–Crippen MR) is 134 cm³/mol. The largest absolute Gasteiger partial charge is 0.378 e. The summed E-state index contributed by atoms with van der Waals surface area (Å²) < 4.78 is 11.2. The fraction of sp³-hybridized carbons (Fsp3) is 0.704. The van der Waals surface area contributed by atoms with Gasteiger partial charge in [-0.2, -0.15) is 0 Å². The van der Waals surface area contributed by atoms with E-state index in [0.29, 0.717) is 23.4 Å². The second-order valence-electron chi connectivity index (χ2n) is 10.6. The third-order valence-corrected chi connectivity index (χ3v) is 8.42. The molecule has 186 valence electrons. The van der Waals surface area contributed by atoms with Gasteiger partial charge in [-0.3, -0.25) is 4.79 Å². The van der Waals surface area contributed by atoms with Crippen molar-refractivity contribution < 1.29 is 14.1 Å². The maximum atomic E-state index is 12.4. The van der Waals surface area contributed by atoms with Crippen LogP contribution in [0.2, 0.25) is 5.02 Å². The molecule has 1 N–H and O–H groups in total. The van der Waals surface area contributed by atoms with E-state index in [0.717, 1.165) is 80.8 Å². The van der Waals surface area contributed by atoms with Crippen molar-refractivity contribution in [1.82, 2.24) is 15.4 Å². The second kappa shape index (κ2) is 11.4. The molecule has 1 aromatic heterocycles. The summed E-state index contributed by atoms with van der Waals surface area (Å²) in [6.45, 7) is 4.25. The molecule has 34 heavy (non-hydrogen) atoms. The number of halogens is 1. The highest BCUT2D eigenvalue weighted by atomic mass is 35.5. The SMILES string of the molecule is O=C(CC1CCCCO1)NC1CCC(CCN2CCC(c3noc4cc(Cl)ccc34)CC2)CC1. The van der Waals surface area contributed by atoms with Gasteiger partial charge in [0.15, 0.2) is 5.58 Å². The van der Waals surface area contributed by atoms with Gasteiger partial charge in [-0.05, 0) is 102 Å². The Hall–Kier alpha value is -1.63. The van der Waals surface area contributed by atoms with E-state index < -0.39 is 0 Å². The Kier molecular flexibility index (Phi) is 8.08. The molecule has 6 nitrogen and oxygen atoms in total. The van der Waals surface area contributed by atoms with Gasteiger partial charge >= 0.3 is 0 Å². The van der Waals surface area contributed by atoms with Gasteiger partial charge in [-0.25, -0.2) is 0 Å². The molecule has 3 fully saturated rings. The van der Waals surface area contributed by atoms with Crippen molar-refractivity contribution in [3.05, 3.63) is 28.9 Å². The normalized spacial score (nSPS) is 27.1. The predicted octanol–water partition coefficient (Wildman–Crippen LogP) is 5.68. The smallest absolute Gasteiger partial charge is 0.222 e. The molecule has 2 aromatic rings. The van der Waals surface area contributed by atoms with E-state index in [9.17, 15) is 4.79 Å². The van der Waals surface area contributed by atoms with Crippen LogP contribution in [0.3, 0.4) is 0 Å². The number of hydrogen-bond donors (Lipinski definition) is 1. The Morgan fingerprint density at radius 2 is 1.91 bits per heavy atom. The van der Waals surface area contributed by atoms with Crippen LogP contribution in [-0.4, -0.2) is 54.4 Å². The highest BCUT2D eigenvalue weighted by molar-refractivity contribution is 6.31.